The van der Waals surface area contributed by atoms with Crippen LogP contribution in [0.25, 0.3) is 10.9 Å². The molecule has 5 nitrogen and oxygen atoms in total. The first-order valence-electron chi connectivity index (χ1n) is 11.1. The van der Waals surface area contributed by atoms with Crippen molar-refractivity contribution in [2.24, 2.45) is 5.41 Å². The van der Waals surface area contributed by atoms with Crippen molar-refractivity contribution in [2.75, 3.05) is 23.3 Å². The second kappa shape index (κ2) is 8.48. The van der Waals surface area contributed by atoms with Crippen LogP contribution in [0.4, 0.5) is 24.5 Å². The van der Waals surface area contributed by atoms with Crippen molar-refractivity contribution in [1.29, 1.82) is 0 Å². The lowest BCUT2D eigenvalue weighted by Gasteiger charge is -2.35. The van der Waals surface area contributed by atoms with Gasteiger partial charge in [0.05, 0.1) is 41.6 Å². The van der Waals surface area contributed by atoms with Crippen molar-refractivity contribution in [2.45, 2.75) is 44.8 Å². The summed E-state index contributed by atoms with van der Waals surface area (Å²) in [6, 6.07) is 11.0. The van der Waals surface area contributed by atoms with Gasteiger partial charge in [0.2, 0.25) is 0 Å². The minimum Gasteiger partial charge on any atom is -0.371 e. The van der Waals surface area contributed by atoms with Crippen LogP contribution in [0.15, 0.2) is 42.6 Å². The molecule has 1 N–H and O–H groups in total. The zero-order chi connectivity index (χ0) is 23.2. The molecule has 1 aromatic heterocycles. The number of anilines is 2. The first-order valence-corrected chi connectivity index (χ1v) is 12.2. The maximum absolute atomic E-state index is 13.3. The zero-order valence-electron chi connectivity index (χ0n) is 18.0. The van der Waals surface area contributed by atoms with E-state index in [4.69, 9.17) is 0 Å². The molecule has 174 valence electrons. The van der Waals surface area contributed by atoms with Crippen LogP contribution in [-0.2, 0) is 6.54 Å². The van der Waals surface area contributed by atoms with E-state index < -0.39 is 12.6 Å². The fraction of sp³-hybridized carbons (Fsp3) is 0.417. The number of fused-ring (bicyclic) bond motifs is 1. The van der Waals surface area contributed by atoms with E-state index in [1.165, 1.54) is 23.7 Å². The maximum atomic E-state index is 13.3. The molecule has 2 aliphatic rings. The molecule has 0 atom stereocenters. The lowest BCUT2D eigenvalue weighted by Crippen LogP contribution is -2.35. The number of halogens is 4. The Bertz CT molecular complexity index is 1190. The number of hydrogen-bond acceptors (Lipinski definition) is 3. The lowest BCUT2D eigenvalue weighted by atomic mass is 9.93. The number of nitrogens with zero attached hydrogens (tertiary/aromatic N) is 3. The monoisotopic (exact) mass is 568 g/mol. The van der Waals surface area contributed by atoms with E-state index >= 15 is 0 Å². The Morgan fingerprint density at radius 2 is 1.88 bits per heavy atom. The molecule has 1 saturated heterocycles. The summed E-state index contributed by atoms with van der Waals surface area (Å²) >= 11 is 2.26. The Kier molecular flexibility index (Phi) is 5.78. The van der Waals surface area contributed by atoms with Gasteiger partial charge in [0.15, 0.2) is 0 Å². The van der Waals surface area contributed by atoms with Crippen LogP contribution in [0.3, 0.4) is 0 Å². The topological polar surface area (TPSA) is 50.2 Å². The molecule has 0 radical (unpaired) electrons. The summed E-state index contributed by atoms with van der Waals surface area (Å²) in [4.78, 5) is 15.6. The highest BCUT2D eigenvalue weighted by Gasteiger charge is 2.44. The Morgan fingerprint density at radius 1 is 1.12 bits per heavy atom. The van der Waals surface area contributed by atoms with Crippen LogP contribution in [0.1, 0.15) is 42.5 Å². The van der Waals surface area contributed by atoms with Crippen molar-refractivity contribution in [1.82, 2.24) is 9.78 Å². The third-order valence-electron chi connectivity index (χ3n) is 6.87. The Hall–Kier alpha value is -2.30. The van der Waals surface area contributed by atoms with Crippen molar-refractivity contribution < 1.29 is 18.0 Å². The number of benzene rings is 2. The van der Waals surface area contributed by atoms with Gasteiger partial charge in [-0.2, -0.15) is 18.3 Å². The number of amides is 1. The summed E-state index contributed by atoms with van der Waals surface area (Å²) in [5.41, 5.74) is 3.18. The minimum absolute atomic E-state index is 0.233. The first kappa shape index (κ1) is 22.5. The molecule has 1 aliphatic heterocycles. The zero-order valence-corrected chi connectivity index (χ0v) is 20.1. The van der Waals surface area contributed by atoms with Gasteiger partial charge in [-0.15, -0.1) is 0 Å². The summed E-state index contributed by atoms with van der Waals surface area (Å²) in [7, 11) is 0. The van der Waals surface area contributed by atoms with E-state index in [1.807, 2.05) is 12.1 Å². The predicted octanol–water partition coefficient (Wildman–Crippen LogP) is 6.23. The quantitative estimate of drug-likeness (QED) is 0.372. The van der Waals surface area contributed by atoms with Crippen LogP contribution in [0, 0.1) is 8.99 Å². The second-order valence-corrected chi connectivity index (χ2v) is 10.3. The Morgan fingerprint density at radius 3 is 2.58 bits per heavy atom. The number of carbonyl (C=O) groups excluding carboxylic acids is 1. The summed E-state index contributed by atoms with van der Waals surface area (Å²) in [5.74, 6) is -0.233. The molecule has 0 unspecified atom stereocenters. The molecule has 5 rings (SSSR count). The number of nitrogens with one attached hydrogen (secondary N) is 1. The summed E-state index contributed by atoms with van der Waals surface area (Å²) < 4.78 is 40.3. The highest BCUT2D eigenvalue weighted by atomic mass is 127. The summed E-state index contributed by atoms with van der Waals surface area (Å²) in [6.45, 7) is 1.63. The number of hydrogen-bond donors (Lipinski definition) is 1. The third-order valence-corrected chi connectivity index (χ3v) is 7.54. The van der Waals surface area contributed by atoms with E-state index in [0.29, 0.717) is 27.6 Å². The Balaban J connectivity index is 1.38. The third kappa shape index (κ3) is 4.83. The molecule has 2 fully saturated rings. The average molecular weight is 568 g/mol. The van der Waals surface area contributed by atoms with Crippen molar-refractivity contribution >= 4 is 50.8 Å². The van der Waals surface area contributed by atoms with Gasteiger partial charge in [0, 0.05) is 22.0 Å². The molecule has 3 aromatic rings. The molecule has 1 saturated carbocycles. The van der Waals surface area contributed by atoms with Crippen LogP contribution in [0.5, 0.6) is 0 Å². The van der Waals surface area contributed by atoms with Gasteiger partial charge in [-0.3, -0.25) is 9.48 Å². The minimum atomic E-state index is -4.25. The fourth-order valence-electron chi connectivity index (χ4n) is 4.67. The number of rotatable bonds is 5. The predicted molar refractivity (Wildman–Crippen MR) is 131 cm³/mol. The van der Waals surface area contributed by atoms with Gasteiger partial charge >= 0.3 is 6.18 Å². The van der Waals surface area contributed by atoms with Gasteiger partial charge in [-0.25, -0.2) is 0 Å². The SMILES string of the molecule is O=C(Nc1cccc2c1cnn2CCC(F)(F)F)c1ccc(I)cc1N1CCC2(CC1)CC2. The van der Waals surface area contributed by atoms with Crippen LogP contribution < -0.4 is 10.2 Å². The number of aromatic nitrogens is 2. The number of alkyl halides is 3. The van der Waals surface area contributed by atoms with Gasteiger partial charge in [-0.1, -0.05) is 6.07 Å². The van der Waals surface area contributed by atoms with Gasteiger partial charge in [0.1, 0.15) is 0 Å². The molecule has 9 heteroatoms. The highest BCUT2D eigenvalue weighted by molar-refractivity contribution is 14.1. The molecule has 0 bridgehead atoms. The van der Waals surface area contributed by atoms with Gasteiger partial charge in [0.25, 0.3) is 5.91 Å². The van der Waals surface area contributed by atoms with Crippen LogP contribution in [0.2, 0.25) is 0 Å². The fourth-order valence-corrected chi connectivity index (χ4v) is 5.14. The number of carbonyl (C=O) groups is 1. The van der Waals surface area contributed by atoms with Crippen LogP contribution in [-0.4, -0.2) is 35.0 Å². The van der Waals surface area contributed by atoms with E-state index in [-0.39, 0.29) is 12.5 Å². The second-order valence-electron chi connectivity index (χ2n) is 9.07. The van der Waals surface area contributed by atoms with E-state index in [0.717, 1.165) is 35.2 Å². The van der Waals surface area contributed by atoms with Gasteiger partial charge < -0.3 is 10.2 Å². The molecule has 1 aliphatic carbocycles. The molecular weight excluding hydrogens is 544 g/mol. The summed E-state index contributed by atoms with van der Waals surface area (Å²) in [5, 5.41) is 7.71. The molecule has 2 aromatic carbocycles. The van der Waals surface area contributed by atoms with E-state index in [1.54, 1.807) is 18.2 Å². The molecule has 1 spiro atoms. The Labute approximate surface area is 203 Å². The number of aryl methyl sites for hydroxylation is 1. The smallest absolute Gasteiger partial charge is 0.371 e. The standard InChI is InChI=1S/C24H24F3IN4O/c25-24(26,27)10-13-32-20-3-1-2-19(18(20)15-29-32)30-22(33)17-5-4-16(28)14-21(17)31-11-8-23(6-7-23)9-12-31/h1-5,14-15H,6-13H2,(H,30,33). The van der Waals surface area contributed by atoms with Crippen molar-refractivity contribution in [3.8, 4) is 0 Å². The molecular formula is C24H24F3IN4O. The normalized spacial score (nSPS) is 17.5. The highest BCUT2D eigenvalue weighted by Crippen LogP contribution is 2.54. The van der Waals surface area contributed by atoms with Gasteiger partial charge in [-0.05, 0) is 84.0 Å². The molecule has 1 amide bonds. The van der Waals surface area contributed by atoms with Crippen LogP contribution >= 0.6 is 22.6 Å². The van der Waals surface area contributed by atoms with E-state index in [2.05, 4.69) is 44.0 Å². The largest absolute Gasteiger partial charge is 0.390 e. The first-order chi connectivity index (χ1) is 15.7. The number of piperidine rings is 1. The van der Waals surface area contributed by atoms with E-state index in [9.17, 15) is 18.0 Å². The van der Waals surface area contributed by atoms with Crippen molar-refractivity contribution in [3.63, 3.8) is 0 Å². The van der Waals surface area contributed by atoms with Crippen molar-refractivity contribution in [3.05, 3.63) is 51.7 Å². The molecule has 2 heterocycles. The lowest BCUT2D eigenvalue weighted by molar-refractivity contribution is -0.137. The average Bonchev–Trinajstić information content (AvgIpc) is 3.39. The maximum Gasteiger partial charge on any atom is 0.390 e. The summed E-state index contributed by atoms with van der Waals surface area (Å²) in [6.07, 6.45) is 1.27. The molecule has 33 heavy (non-hydrogen) atoms.